The van der Waals surface area contributed by atoms with Crippen molar-refractivity contribution in [2.45, 2.75) is 18.9 Å². The fraction of sp³-hybridized carbons (Fsp3) is 0.286. The standard InChI is InChI=1S/C21H19N3O3/c25-19-6-5-17(15-3-1-7-22-10-15)20-16-9-14(12-24(19)20)11-23(13-16)21(26)18-4-2-8-27-18/h1-8,10,14,16H,9,11-13H2/t14-,16-/m0/s1. The molecule has 2 bridgehead atoms. The van der Waals surface area contributed by atoms with Gasteiger partial charge in [0.2, 0.25) is 0 Å². The summed E-state index contributed by atoms with van der Waals surface area (Å²) in [6.07, 6.45) is 6.07. The molecule has 1 amide bonds. The smallest absolute Gasteiger partial charge is 0.289 e. The molecule has 136 valence electrons. The molecule has 5 heterocycles. The minimum absolute atomic E-state index is 0.0261. The molecule has 0 N–H and O–H groups in total. The predicted octanol–water partition coefficient (Wildman–Crippen LogP) is 2.76. The maximum atomic E-state index is 12.8. The lowest BCUT2D eigenvalue weighted by Crippen LogP contribution is -2.49. The van der Waals surface area contributed by atoms with Crippen LogP contribution in [0.5, 0.6) is 0 Å². The number of carbonyl (C=O) groups is 1. The number of piperidine rings is 1. The number of aromatic nitrogens is 2. The monoisotopic (exact) mass is 361 g/mol. The Hall–Kier alpha value is -3.15. The van der Waals surface area contributed by atoms with Crippen LogP contribution in [0.25, 0.3) is 11.1 Å². The van der Waals surface area contributed by atoms with Crippen molar-refractivity contribution < 1.29 is 9.21 Å². The first-order chi connectivity index (χ1) is 13.2. The van der Waals surface area contributed by atoms with Gasteiger partial charge in [0, 0.05) is 60.8 Å². The summed E-state index contributed by atoms with van der Waals surface area (Å²) in [6.45, 7) is 1.88. The molecule has 0 unspecified atom stereocenters. The third-order valence-electron chi connectivity index (χ3n) is 5.58. The normalized spacial score (nSPS) is 21.0. The molecule has 3 aromatic heterocycles. The summed E-state index contributed by atoms with van der Waals surface area (Å²) >= 11 is 0. The number of amides is 1. The first-order valence-electron chi connectivity index (χ1n) is 9.17. The maximum absolute atomic E-state index is 12.8. The predicted molar refractivity (Wildman–Crippen MR) is 99.4 cm³/mol. The SMILES string of the molecule is O=C(c1ccco1)N1C[C@@H]2C[C@@H](C1)c1c(-c3cccnc3)ccc(=O)n1C2. The van der Waals surface area contributed by atoms with Gasteiger partial charge >= 0.3 is 0 Å². The second-order valence-corrected chi connectivity index (χ2v) is 7.31. The molecule has 3 aromatic rings. The van der Waals surface area contributed by atoms with Gasteiger partial charge in [-0.25, -0.2) is 0 Å². The Kier molecular flexibility index (Phi) is 3.70. The van der Waals surface area contributed by atoms with Gasteiger partial charge in [-0.15, -0.1) is 0 Å². The summed E-state index contributed by atoms with van der Waals surface area (Å²) in [5.74, 6) is 0.690. The number of likely N-dealkylation sites (tertiary alicyclic amines) is 1. The lowest BCUT2D eigenvalue weighted by molar-refractivity contribution is 0.0564. The Morgan fingerprint density at radius 2 is 2.04 bits per heavy atom. The molecule has 2 aliphatic heterocycles. The molecule has 0 saturated carbocycles. The summed E-state index contributed by atoms with van der Waals surface area (Å²) in [7, 11) is 0. The first-order valence-corrected chi connectivity index (χ1v) is 9.17. The van der Waals surface area contributed by atoms with Crippen molar-refractivity contribution >= 4 is 5.91 Å². The highest BCUT2D eigenvalue weighted by Crippen LogP contribution is 2.40. The summed E-state index contributed by atoms with van der Waals surface area (Å²) < 4.78 is 7.20. The lowest BCUT2D eigenvalue weighted by Gasteiger charge is -2.43. The average molecular weight is 361 g/mol. The lowest BCUT2D eigenvalue weighted by atomic mass is 9.80. The van der Waals surface area contributed by atoms with Crippen LogP contribution < -0.4 is 5.56 Å². The zero-order valence-corrected chi connectivity index (χ0v) is 14.7. The number of hydrogen-bond acceptors (Lipinski definition) is 4. The molecule has 27 heavy (non-hydrogen) atoms. The molecule has 2 atom stereocenters. The highest BCUT2D eigenvalue weighted by molar-refractivity contribution is 5.91. The maximum Gasteiger partial charge on any atom is 0.289 e. The van der Waals surface area contributed by atoms with Crippen LogP contribution in [0, 0.1) is 5.92 Å². The fourth-order valence-electron chi connectivity index (χ4n) is 4.50. The zero-order valence-electron chi connectivity index (χ0n) is 14.7. The van der Waals surface area contributed by atoms with E-state index in [1.54, 1.807) is 24.4 Å². The third-order valence-corrected chi connectivity index (χ3v) is 5.58. The van der Waals surface area contributed by atoms with E-state index in [-0.39, 0.29) is 23.3 Å². The van der Waals surface area contributed by atoms with Crippen LogP contribution in [0.4, 0.5) is 0 Å². The van der Waals surface area contributed by atoms with Crippen LogP contribution in [-0.4, -0.2) is 33.4 Å². The molecular weight excluding hydrogens is 342 g/mol. The molecule has 0 spiro atoms. The molecule has 1 saturated heterocycles. The third kappa shape index (κ3) is 2.68. The van der Waals surface area contributed by atoms with Gasteiger partial charge in [0.15, 0.2) is 5.76 Å². The van der Waals surface area contributed by atoms with E-state index in [4.69, 9.17) is 4.42 Å². The first kappa shape index (κ1) is 16.1. The largest absolute Gasteiger partial charge is 0.459 e. The highest BCUT2D eigenvalue weighted by Gasteiger charge is 2.38. The van der Waals surface area contributed by atoms with E-state index >= 15 is 0 Å². The van der Waals surface area contributed by atoms with Crippen molar-refractivity contribution in [3.63, 3.8) is 0 Å². The summed E-state index contributed by atoms with van der Waals surface area (Å²) in [6, 6.07) is 10.9. The van der Waals surface area contributed by atoms with E-state index in [0.29, 0.717) is 25.4 Å². The van der Waals surface area contributed by atoms with Gasteiger partial charge in [-0.1, -0.05) is 6.07 Å². The second-order valence-electron chi connectivity index (χ2n) is 7.31. The van der Waals surface area contributed by atoms with Crippen LogP contribution in [0.1, 0.15) is 28.6 Å². The molecule has 0 aliphatic carbocycles. The van der Waals surface area contributed by atoms with E-state index in [1.165, 1.54) is 6.26 Å². The highest BCUT2D eigenvalue weighted by atomic mass is 16.3. The minimum Gasteiger partial charge on any atom is -0.459 e. The topological polar surface area (TPSA) is 68.3 Å². The molecule has 6 heteroatoms. The van der Waals surface area contributed by atoms with Crippen molar-refractivity contribution in [3.8, 4) is 11.1 Å². The van der Waals surface area contributed by atoms with Gasteiger partial charge < -0.3 is 13.9 Å². The Bertz CT molecular complexity index is 1040. The molecule has 0 aromatic carbocycles. The van der Waals surface area contributed by atoms with Crippen LogP contribution in [0.2, 0.25) is 0 Å². The zero-order chi connectivity index (χ0) is 18.4. The molecular formula is C21H19N3O3. The van der Waals surface area contributed by atoms with Gasteiger partial charge in [0.25, 0.3) is 11.5 Å². The number of fused-ring (bicyclic) bond motifs is 4. The molecule has 0 radical (unpaired) electrons. The Balaban J connectivity index is 1.57. The number of carbonyl (C=O) groups excluding carboxylic acids is 1. The van der Waals surface area contributed by atoms with E-state index in [1.807, 2.05) is 33.9 Å². The van der Waals surface area contributed by atoms with E-state index in [2.05, 4.69) is 4.98 Å². The van der Waals surface area contributed by atoms with Crippen molar-refractivity contribution in [1.29, 1.82) is 0 Å². The second kappa shape index (κ2) is 6.23. The Morgan fingerprint density at radius 1 is 1.11 bits per heavy atom. The fourth-order valence-corrected chi connectivity index (χ4v) is 4.50. The van der Waals surface area contributed by atoms with Crippen LogP contribution >= 0.6 is 0 Å². The summed E-state index contributed by atoms with van der Waals surface area (Å²) in [4.78, 5) is 31.4. The Labute approximate surface area is 156 Å². The Morgan fingerprint density at radius 3 is 2.81 bits per heavy atom. The number of furan rings is 1. The van der Waals surface area contributed by atoms with Gasteiger partial charge in [-0.2, -0.15) is 0 Å². The van der Waals surface area contributed by atoms with Crippen LogP contribution in [-0.2, 0) is 6.54 Å². The average Bonchev–Trinajstić information content (AvgIpc) is 3.23. The minimum atomic E-state index is -0.0793. The number of pyridine rings is 2. The van der Waals surface area contributed by atoms with Gasteiger partial charge in [0.1, 0.15) is 0 Å². The van der Waals surface area contributed by atoms with E-state index < -0.39 is 0 Å². The van der Waals surface area contributed by atoms with Gasteiger partial charge in [-0.3, -0.25) is 14.6 Å². The number of rotatable bonds is 2. The summed E-state index contributed by atoms with van der Waals surface area (Å²) in [5, 5.41) is 0. The van der Waals surface area contributed by atoms with Crippen LogP contribution in [0.15, 0.2) is 64.3 Å². The molecule has 1 fully saturated rings. The van der Waals surface area contributed by atoms with Crippen molar-refractivity contribution in [2.24, 2.45) is 5.92 Å². The van der Waals surface area contributed by atoms with Gasteiger partial charge in [0.05, 0.1) is 6.26 Å². The van der Waals surface area contributed by atoms with Crippen molar-refractivity contribution in [2.75, 3.05) is 13.1 Å². The molecule has 2 aliphatic rings. The van der Waals surface area contributed by atoms with Crippen molar-refractivity contribution in [1.82, 2.24) is 14.5 Å². The quantitative estimate of drug-likeness (QED) is 0.704. The van der Waals surface area contributed by atoms with Crippen molar-refractivity contribution in [3.05, 3.63) is 76.9 Å². The van der Waals surface area contributed by atoms with Gasteiger partial charge in [-0.05, 0) is 36.6 Å². The van der Waals surface area contributed by atoms with E-state index in [9.17, 15) is 9.59 Å². The molecule has 6 nitrogen and oxygen atoms in total. The number of nitrogens with zero attached hydrogens (tertiary/aromatic N) is 3. The number of hydrogen-bond donors (Lipinski definition) is 0. The summed E-state index contributed by atoms with van der Waals surface area (Å²) in [5.41, 5.74) is 3.06. The van der Waals surface area contributed by atoms with E-state index in [0.717, 1.165) is 23.2 Å². The molecule has 5 rings (SSSR count). The van der Waals surface area contributed by atoms with Crippen LogP contribution in [0.3, 0.4) is 0 Å².